The fourth-order valence-electron chi connectivity index (χ4n) is 1.59. The molecule has 88 valence electrons. The average molecular weight is 228 g/mol. The Bertz CT molecular complexity index is 471. The zero-order chi connectivity index (χ0) is 12.1. The van der Waals surface area contributed by atoms with Crippen molar-refractivity contribution in [2.24, 2.45) is 5.73 Å². The van der Waals surface area contributed by atoms with Crippen LogP contribution in [0.1, 0.15) is 17.2 Å². The van der Waals surface area contributed by atoms with Crippen LogP contribution in [0.4, 0.5) is 0 Å². The molecule has 0 fully saturated rings. The molecule has 0 aliphatic rings. The maximum absolute atomic E-state index is 6.03. The molecule has 0 amide bonds. The van der Waals surface area contributed by atoms with Gasteiger partial charge in [-0.15, -0.1) is 0 Å². The van der Waals surface area contributed by atoms with Crippen LogP contribution in [0.15, 0.2) is 48.8 Å². The van der Waals surface area contributed by atoms with Gasteiger partial charge in [0.05, 0.1) is 6.04 Å². The van der Waals surface area contributed by atoms with E-state index in [1.54, 1.807) is 12.4 Å². The van der Waals surface area contributed by atoms with Gasteiger partial charge in [-0.3, -0.25) is 4.98 Å². The summed E-state index contributed by atoms with van der Waals surface area (Å²) in [5, 5.41) is 0. The van der Waals surface area contributed by atoms with E-state index in [4.69, 9.17) is 10.5 Å². The van der Waals surface area contributed by atoms with Gasteiger partial charge in [-0.1, -0.05) is 24.3 Å². The van der Waals surface area contributed by atoms with E-state index in [1.807, 2.05) is 43.3 Å². The molecule has 1 unspecified atom stereocenters. The average Bonchev–Trinajstić information content (AvgIpc) is 2.38. The predicted octanol–water partition coefficient (Wildman–Crippen LogP) is 2.47. The van der Waals surface area contributed by atoms with Gasteiger partial charge in [0.15, 0.2) is 0 Å². The highest BCUT2D eigenvalue weighted by atomic mass is 16.5. The Kier molecular flexibility index (Phi) is 3.73. The summed E-state index contributed by atoms with van der Waals surface area (Å²) in [6.45, 7) is 2.47. The molecular formula is C14H16N2O. The van der Waals surface area contributed by atoms with Crippen LogP contribution in [0.2, 0.25) is 0 Å². The monoisotopic (exact) mass is 228 g/mol. The highest BCUT2D eigenvalue weighted by Gasteiger charge is 2.07. The molecule has 3 heteroatoms. The third-order valence-corrected chi connectivity index (χ3v) is 2.62. The first-order valence-electron chi connectivity index (χ1n) is 5.61. The lowest BCUT2D eigenvalue weighted by molar-refractivity contribution is 0.288. The number of aryl methyl sites for hydroxylation is 1. The van der Waals surface area contributed by atoms with Crippen LogP contribution in [0.25, 0.3) is 0 Å². The molecule has 0 saturated carbocycles. The molecule has 3 nitrogen and oxygen atoms in total. The lowest BCUT2D eigenvalue weighted by Crippen LogP contribution is -2.19. The van der Waals surface area contributed by atoms with Crippen molar-refractivity contribution in [1.82, 2.24) is 4.98 Å². The van der Waals surface area contributed by atoms with Crippen molar-refractivity contribution in [2.45, 2.75) is 13.0 Å². The zero-order valence-electron chi connectivity index (χ0n) is 9.84. The fraction of sp³-hybridized carbons (Fsp3) is 0.214. The minimum atomic E-state index is -0.150. The Balaban J connectivity index is 1.97. The van der Waals surface area contributed by atoms with E-state index in [0.717, 1.165) is 16.9 Å². The van der Waals surface area contributed by atoms with Crippen LogP contribution < -0.4 is 10.5 Å². The van der Waals surface area contributed by atoms with E-state index in [1.165, 1.54) is 0 Å². The first kappa shape index (κ1) is 11.6. The van der Waals surface area contributed by atoms with E-state index in [9.17, 15) is 0 Å². The lowest BCUT2D eigenvalue weighted by Gasteiger charge is -2.14. The number of para-hydroxylation sites is 1. The summed E-state index contributed by atoms with van der Waals surface area (Å²) in [6, 6.07) is 11.6. The molecule has 2 rings (SSSR count). The van der Waals surface area contributed by atoms with Crippen LogP contribution in [-0.2, 0) is 0 Å². The van der Waals surface area contributed by atoms with E-state index in [-0.39, 0.29) is 6.04 Å². The number of rotatable bonds is 4. The van der Waals surface area contributed by atoms with Gasteiger partial charge in [-0.05, 0) is 30.2 Å². The summed E-state index contributed by atoms with van der Waals surface area (Å²) < 4.78 is 5.70. The van der Waals surface area contributed by atoms with Gasteiger partial charge < -0.3 is 10.5 Å². The van der Waals surface area contributed by atoms with Crippen molar-refractivity contribution < 1.29 is 4.74 Å². The van der Waals surface area contributed by atoms with Gasteiger partial charge in [0.2, 0.25) is 0 Å². The first-order valence-corrected chi connectivity index (χ1v) is 5.61. The standard InChI is InChI=1S/C14H16N2O/c1-11-5-2-3-7-14(11)17-10-13(15)12-6-4-8-16-9-12/h2-9,13H,10,15H2,1H3. The smallest absolute Gasteiger partial charge is 0.122 e. The van der Waals surface area contributed by atoms with Crippen LogP contribution in [-0.4, -0.2) is 11.6 Å². The van der Waals surface area contributed by atoms with Crippen molar-refractivity contribution in [2.75, 3.05) is 6.61 Å². The molecule has 0 saturated heterocycles. The SMILES string of the molecule is Cc1ccccc1OCC(N)c1cccnc1. The summed E-state index contributed by atoms with van der Waals surface area (Å²) >= 11 is 0. The molecule has 1 aromatic carbocycles. The van der Waals surface area contributed by atoms with Gasteiger partial charge in [0.25, 0.3) is 0 Å². The van der Waals surface area contributed by atoms with Gasteiger partial charge in [0.1, 0.15) is 12.4 Å². The summed E-state index contributed by atoms with van der Waals surface area (Å²) in [5.41, 5.74) is 8.13. The quantitative estimate of drug-likeness (QED) is 0.874. The van der Waals surface area contributed by atoms with E-state index < -0.39 is 0 Å². The minimum absolute atomic E-state index is 0.150. The van der Waals surface area contributed by atoms with Crippen molar-refractivity contribution in [3.8, 4) is 5.75 Å². The Morgan fingerprint density at radius 1 is 1.24 bits per heavy atom. The Labute approximate surface area is 101 Å². The van der Waals surface area contributed by atoms with Crippen molar-refractivity contribution in [1.29, 1.82) is 0 Å². The summed E-state index contributed by atoms with van der Waals surface area (Å²) in [6.07, 6.45) is 3.50. The van der Waals surface area contributed by atoms with E-state index >= 15 is 0 Å². The molecule has 0 aliphatic carbocycles. The number of nitrogens with zero attached hydrogens (tertiary/aromatic N) is 1. The summed E-state index contributed by atoms with van der Waals surface area (Å²) in [7, 11) is 0. The molecule has 0 spiro atoms. The van der Waals surface area contributed by atoms with Crippen LogP contribution in [0.3, 0.4) is 0 Å². The highest BCUT2D eigenvalue weighted by molar-refractivity contribution is 5.31. The Hall–Kier alpha value is -1.87. The number of pyridine rings is 1. The maximum Gasteiger partial charge on any atom is 0.122 e. The van der Waals surface area contributed by atoms with Crippen LogP contribution in [0, 0.1) is 6.92 Å². The molecule has 2 N–H and O–H groups in total. The Morgan fingerprint density at radius 3 is 2.76 bits per heavy atom. The first-order chi connectivity index (χ1) is 8.27. The molecular weight excluding hydrogens is 212 g/mol. The minimum Gasteiger partial charge on any atom is -0.491 e. The number of aromatic nitrogens is 1. The number of hydrogen-bond donors (Lipinski definition) is 1. The third kappa shape index (κ3) is 3.04. The second-order valence-corrected chi connectivity index (χ2v) is 3.97. The van der Waals surface area contributed by atoms with Crippen LogP contribution in [0.5, 0.6) is 5.75 Å². The van der Waals surface area contributed by atoms with E-state index in [0.29, 0.717) is 6.61 Å². The molecule has 0 aliphatic heterocycles. The Morgan fingerprint density at radius 2 is 2.06 bits per heavy atom. The number of benzene rings is 1. The number of hydrogen-bond acceptors (Lipinski definition) is 3. The van der Waals surface area contributed by atoms with Gasteiger partial charge in [0, 0.05) is 12.4 Å². The zero-order valence-corrected chi connectivity index (χ0v) is 9.84. The number of nitrogens with two attached hydrogens (primary N) is 1. The molecule has 17 heavy (non-hydrogen) atoms. The van der Waals surface area contributed by atoms with E-state index in [2.05, 4.69) is 4.98 Å². The normalized spacial score (nSPS) is 12.1. The fourth-order valence-corrected chi connectivity index (χ4v) is 1.59. The number of ether oxygens (including phenoxy) is 1. The maximum atomic E-state index is 6.03. The molecule has 0 bridgehead atoms. The second-order valence-electron chi connectivity index (χ2n) is 3.97. The largest absolute Gasteiger partial charge is 0.491 e. The van der Waals surface area contributed by atoms with Gasteiger partial charge in [-0.25, -0.2) is 0 Å². The van der Waals surface area contributed by atoms with Gasteiger partial charge >= 0.3 is 0 Å². The van der Waals surface area contributed by atoms with Gasteiger partial charge in [-0.2, -0.15) is 0 Å². The molecule has 1 atom stereocenters. The molecule has 1 aromatic heterocycles. The molecule has 2 aromatic rings. The lowest BCUT2D eigenvalue weighted by atomic mass is 10.1. The second kappa shape index (κ2) is 5.46. The topological polar surface area (TPSA) is 48.1 Å². The highest BCUT2D eigenvalue weighted by Crippen LogP contribution is 2.18. The predicted molar refractivity (Wildman–Crippen MR) is 67.8 cm³/mol. The molecule has 0 radical (unpaired) electrons. The van der Waals surface area contributed by atoms with Crippen molar-refractivity contribution in [3.63, 3.8) is 0 Å². The summed E-state index contributed by atoms with van der Waals surface area (Å²) in [4.78, 5) is 4.04. The van der Waals surface area contributed by atoms with Crippen molar-refractivity contribution >= 4 is 0 Å². The van der Waals surface area contributed by atoms with Crippen LogP contribution >= 0.6 is 0 Å². The molecule has 1 heterocycles. The third-order valence-electron chi connectivity index (χ3n) is 2.62. The van der Waals surface area contributed by atoms with Crippen molar-refractivity contribution in [3.05, 3.63) is 59.9 Å². The summed E-state index contributed by atoms with van der Waals surface area (Å²) in [5.74, 6) is 0.881.